The monoisotopic (exact) mass is 356 g/mol. The summed E-state index contributed by atoms with van der Waals surface area (Å²) in [5.74, 6) is 0.416. The quantitative estimate of drug-likeness (QED) is 0.849. The number of hydrogen-bond donors (Lipinski definition) is 2. The summed E-state index contributed by atoms with van der Waals surface area (Å²) in [6.07, 6.45) is 6.65. The van der Waals surface area contributed by atoms with Gasteiger partial charge in [0, 0.05) is 23.8 Å². The average molecular weight is 357 g/mol. The van der Waals surface area contributed by atoms with Gasteiger partial charge in [-0.3, -0.25) is 4.79 Å². The molecular formula is C16H25BrN2O2. The van der Waals surface area contributed by atoms with E-state index in [9.17, 15) is 9.90 Å². The summed E-state index contributed by atoms with van der Waals surface area (Å²) in [5.41, 5.74) is -0.0941. The fourth-order valence-electron chi connectivity index (χ4n) is 3.22. The molecule has 1 aliphatic carbocycles. The number of nitrogens with one attached hydrogen (secondary N) is 1. The molecule has 0 aliphatic heterocycles. The lowest BCUT2D eigenvalue weighted by Gasteiger charge is -2.35. The third-order valence-corrected chi connectivity index (χ3v) is 4.64. The van der Waals surface area contributed by atoms with Gasteiger partial charge in [-0.25, -0.2) is 0 Å². The standard InChI is InChI=1S/C16H25BrN2O2/c1-3-7-19-10-13(17)8-14(19)15(20)18-11-16(21)6-4-5-12(2)9-16/h8,10,12,21H,3-7,9,11H2,1-2H3,(H,18,20). The highest BCUT2D eigenvalue weighted by Gasteiger charge is 2.33. The Hall–Kier alpha value is -0.810. The minimum atomic E-state index is -0.743. The normalized spacial score (nSPS) is 25.8. The molecule has 1 aromatic heterocycles. The lowest BCUT2D eigenvalue weighted by molar-refractivity contribution is -0.0110. The van der Waals surface area contributed by atoms with E-state index in [0.717, 1.165) is 36.7 Å². The van der Waals surface area contributed by atoms with Crippen LogP contribution in [0.15, 0.2) is 16.7 Å². The smallest absolute Gasteiger partial charge is 0.268 e. The van der Waals surface area contributed by atoms with E-state index in [-0.39, 0.29) is 5.91 Å². The Bertz CT molecular complexity index is 500. The molecule has 0 aromatic carbocycles. The van der Waals surface area contributed by atoms with Crippen molar-refractivity contribution >= 4 is 21.8 Å². The highest BCUT2D eigenvalue weighted by atomic mass is 79.9. The van der Waals surface area contributed by atoms with E-state index in [4.69, 9.17) is 0 Å². The molecule has 1 fully saturated rings. The third kappa shape index (κ3) is 4.33. The van der Waals surface area contributed by atoms with Crippen LogP contribution in [-0.2, 0) is 6.54 Å². The first-order valence-corrected chi connectivity index (χ1v) is 8.59. The van der Waals surface area contributed by atoms with Gasteiger partial charge < -0.3 is 15.0 Å². The van der Waals surface area contributed by atoms with Crippen LogP contribution in [0, 0.1) is 5.92 Å². The molecule has 1 aliphatic rings. The molecule has 1 amide bonds. The van der Waals surface area contributed by atoms with Crippen molar-refractivity contribution in [1.82, 2.24) is 9.88 Å². The average Bonchev–Trinajstić information content (AvgIpc) is 2.77. The maximum atomic E-state index is 12.4. The van der Waals surface area contributed by atoms with Crippen LogP contribution in [0.25, 0.3) is 0 Å². The van der Waals surface area contributed by atoms with Gasteiger partial charge in [0.2, 0.25) is 0 Å². The van der Waals surface area contributed by atoms with Gasteiger partial charge in [0.05, 0.1) is 5.60 Å². The number of halogens is 1. The molecule has 21 heavy (non-hydrogen) atoms. The Kier molecular flexibility index (Phi) is 5.49. The molecule has 1 aromatic rings. The van der Waals surface area contributed by atoms with Crippen molar-refractivity contribution < 1.29 is 9.90 Å². The van der Waals surface area contributed by atoms with Gasteiger partial charge in [0.25, 0.3) is 5.91 Å². The van der Waals surface area contributed by atoms with E-state index < -0.39 is 5.60 Å². The zero-order valence-corrected chi connectivity index (χ0v) is 14.4. The predicted octanol–water partition coefficient (Wildman–Crippen LogP) is 3.33. The van der Waals surface area contributed by atoms with Crippen molar-refractivity contribution in [3.8, 4) is 0 Å². The zero-order valence-electron chi connectivity index (χ0n) is 12.9. The first kappa shape index (κ1) is 16.6. The molecule has 5 heteroatoms. The van der Waals surface area contributed by atoms with E-state index in [1.807, 2.05) is 16.8 Å². The minimum Gasteiger partial charge on any atom is -0.388 e. The number of amides is 1. The molecule has 2 N–H and O–H groups in total. The molecule has 0 spiro atoms. The molecule has 2 unspecified atom stereocenters. The second kappa shape index (κ2) is 6.97. The highest BCUT2D eigenvalue weighted by molar-refractivity contribution is 9.10. The summed E-state index contributed by atoms with van der Waals surface area (Å²) in [6.45, 7) is 5.40. The van der Waals surface area contributed by atoms with Gasteiger partial charge in [-0.1, -0.05) is 26.7 Å². The molecule has 1 saturated carbocycles. The van der Waals surface area contributed by atoms with Gasteiger partial charge >= 0.3 is 0 Å². The van der Waals surface area contributed by atoms with Crippen molar-refractivity contribution in [3.63, 3.8) is 0 Å². The molecule has 2 atom stereocenters. The maximum absolute atomic E-state index is 12.4. The van der Waals surface area contributed by atoms with Gasteiger partial charge in [-0.15, -0.1) is 0 Å². The Morgan fingerprint density at radius 2 is 2.38 bits per heavy atom. The van der Waals surface area contributed by atoms with E-state index in [1.54, 1.807) is 0 Å². The van der Waals surface area contributed by atoms with Gasteiger partial charge in [-0.05, 0) is 47.2 Å². The van der Waals surface area contributed by atoms with Gasteiger partial charge in [-0.2, -0.15) is 0 Å². The Balaban J connectivity index is 1.98. The molecule has 4 nitrogen and oxygen atoms in total. The van der Waals surface area contributed by atoms with E-state index in [1.165, 1.54) is 6.42 Å². The van der Waals surface area contributed by atoms with Gasteiger partial charge in [0.1, 0.15) is 5.69 Å². The molecule has 0 bridgehead atoms. The SMILES string of the molecule is CCCn1cc(Br)cc1C(=O)NCC1(O)CCCC(C)C1. The number of nitrogens with zero attached hydrogens (tertiary/aromatic N) is 1. The van der Waals surface area contributed by atoms with E-state index in [0.29, 0.717) is 18.2 Å². The van der Waals surface area contributed by atoms with Crippen molar-refractivity contribution in [2.75, 3.05) is 6.54 Å². The van der Waals surface area contributed by atoms with E-state index >= 15 is 0 Å². The Morgan fingerprint density at radius 1 is 1.62 bits per heavy atom. The van der Waals surface area contributed by atoms with Crippen molar-refractivity contribution in [1.29, 1.82) is 0 Å². The number of aliphatic hydroxyl groups is 1. The fraction of sp³-hybridized carbons (Fsp3) is 0.688. The van der Waals surface area contributed by atoms with Crippen LogP contribution in [0.2, 0.25) is 0 Å². The first-order valence-electron chi connectivity index (χ1n) is 7.80. The Morgan fingerprint density at radius 3 is 3.05 bits per heavy atom. The van der Waals surface area contributed by atoms with Crippen LogP contribution in [0.1, 0.15) is 56.4 Å². The summed E-state index contributed by atoms with van der Waals surface area (Å²) < 4.78 is 2.86. The number of carbonyl (C=O) groups is 1. The summed E-state index contributed by atoms with van der Waals surface area (Å²) in [7, 11) is 0. The number of aromatic nitrogens is 1. The van der Waals surface area contributed by atoms with Crippen molar-refractivity contribution in [2.45, 2.75) is 58.1 Å². The van der Waals surface area contributed by atoms with Crippen LogP contribution in [0.5, 0.6) is 0 Å². The zero-order chi connectivity index (χ0) is 15.5. The van der Waals surface area contributed by atoms with E-state index in [2.05, 4.69) is 35.1 Å². The van der Waals surface area contributed by atoms with Crippen LogP contribution < -0.4 is 5.32 Å². The molecule has 1 heterocycles. The molecule has 0 radical (unpaired) electrons. The minimum absolute atomic E-state index is 0.110. The topological polar surface area (TPSA) is 54.3 Å². The summed E-state index contributed by atoms with van der Waals surface area (Å²) >= 11 is 3.42. The predicted molar refractivity (Wildman–Crippen MR) is 87.3 cm³/mol. The summed E-state index contributed by atoms with van der Waals surface area (Å²) in [4.78, 5) is 12.4. The van der Waals surface area contributed by atoms with Crippen molar-refractivity contribution in [2.24, 2.45) is 5.92 Å². The second-order valence-corrected chi connectivity index (χ2v) is 7.26. The third-order valence-electron chi connectivity index (χ3n) is 4.21. The lowest BCUT2D eigenvalue weighted by atomic mass is 9.79. The summed E-state index contributed by atoms with van der Waals surface area (Å²) in [5, 5.41) is 13.5. The fourth-order valence-corrected chi connectivity index (χ4v) is 3.68. The Labute approximate surface area is 135 Å². The number of carbonyl (C=O) groups excluding carboxylic acids is 1. The van der Waals surface area contributed by atoms with Crippen LogP contribution in [-0.4, -0.2) is 27.7 Å². The maximum Gasteiger partial charge on any atom is 0.268 e. The largest absolute Gasteiger partial charge is 0.388 e. The number of hydrogen-bond acceptors (Lipinski definition) is 2. The molecule has 118 valence electrons. The first-order chi connectivity index (χ1) is 9.93. The van der Waals surface area contributed by atoms with Crippen LogP contribution in [0.3, 0.4) is 0 Å². The molecule has 0 saturated heterocycles. The molecule has 2 rings (SSSR count). The molecular weight excluding hydrogens is 332 g/mol. The number of rotatable bonds is 5. The van der Waals surface area contributed by atoms with Crippen molar-refractivity contribution in [3.05, 3.63) is 22.4 Å². The van der Waals surface area contributed by atoms with Crippen LogP contribution in [0.4, 0.5) is 0 Å². The number of aryl methyl sites for hydroxylation is 1. The summed E-state index contributed by atoms with van der Waals surface area (Å²) in [6, 6.07) is 1.83. The van der Waals surface area contributed by atoms with Gasteiger partial charge in [0.15, 0.2) is 0 Å². The lowest BCUT2D eigenvalue weighted by Crippen LogP contribution is -2.46. The van der Waals surface area contributed by atoms with Crippen LogP contribution >= 0.6 is 15.9 Å². The highest BCUT2D eigenvalue weighted by Crippen LogP contribution is 2.31. The second-order valence-electron chi connectivity index (χ2n) is 6.35.